The average molecular weight is 553 g/mol. The van der Waals surface area contributed by atoms with E-state index in [-0.39, 0.29) is 29.3 Å². The Morgan fingerprint density at radius 3 is 2.29 bits per heavy atom. The number of rotatable bonds is 7. The van der Waals surface area contributed by atoms with Crippen molar-refractivity contribution in [1.29, 1.82) is 0 Å². The molecule has 2 aliphatic heterocycles. The van der Waals surface area contributed by atoms with E-state index in [1.54, 1.807) is 32.6 Å². The van der Waals surface area contributed by atoms with Crippen LogP contribution in [-0.4, -0.2) is 83.6 Å². The van der Waals surface area contributed by atoms with Gasteiger partial charge in [0, 0.05) is 30.4 Å². The minimum atomic E-state index is -3.79. The molecule has 0 spiro atoms. The van der Waals surface area contributed by atoms with E-state index in [4.69, 9.17) is 14.0 Å². The van der Waals surface area contributed by atoms with Gasteiger partial charge in [-0.05, 0) is 81.1 Å². The zero-order chi connectivity index (χ0) is 28.5. The molecule has 38 heavy (non-hydrogen) atoms. The van der Waals surface area contributed by atoms with Crippen molar-refractivity contribution in [3.8, 4) is 0 Å². The van der Waals surface area contributed by atoms with Gasteiger partial charge in [0.15, 0.2) is 0 Å². The zero-order valence-corrected chi connectivity index (χ0v) is 24.6. The smallest absolute Gasteiger partial charge is 0.444 e. The molecule has 3 rings (SSSR count). The maximum atomic E-state index is 13.1. The van der Waals surface area contributed by atoms with Crippen LogP contribution in [0.25, 0.3) is 0 Å². The fourth-order valence-corrected chi connectivity index (χ4v) is 5.55. The normalized spacial score (nSPS) is 22.2. The van der Waals surface area contributed by atoms with Crippen molar-refractivity contribution in [2.24, 2.45) is 0 Å². The molecule has 1 aromatic rings. The van der Waals surface area contributed by atoms with Crippen LogP contribution < -0.4 is 10.8 Å². The van der Waals surface area contributed by atoms with Gasteiger partial charge in [0.25, 0.3) is 0 Å². The Bertz CT molecular complexity index is 1100. The van der Waals surface area contributed by atoms with Crippen LogP contribution in [-0.2, 0) is 28.7 Å². The third-order valence-electron chi connectivity index (χ3n) is 7.19. The number of carbonyl (C=O) groups is 2. The molecule has 1 aromatic heterocycles. The van der Waals surface area contributed by atoms with Crippen LogP contribution in [0.4, 0.5) is 4.79 Å². The highest BCUT2D eigenvalue weighted by molar-refractivity contribution is 7.91. The Labute approximate surface area is 226 Å². The highest BCUT2D eigenvalue weighted by atomic mass is 32.2. The molecule has 2 aliphatic rings. The number of hydrogen-bond donors (Lipinski definition) is 1. The van der Waals surface area contributed by atoms with E-state index in [0.717, 1.165) is 12.8 Å². The number of amides is 2. The molecule has 0 unspecified atom stereocenters. The van der Waals surface area contributed by atoms with Crippen molar-refractivity contribution in [2.45, 2.75) is 115 Å². The second kappa shape index (κ2) is 11.1. The molecule has 2 amide bonds. The summed E-state index contributed by atoms with van der Waals surface area (Å²) >= 11 is 0. The van der Waals surface area contributed by atoms with Gasteiger partial charge in [0.1, 0.15) is 11.6 Å². The highest BCUT2D eigenvalue weighted by Crippen LogP contribution is 2.36. The number of alkyl carbamates (subject to hydrolysis) is 1. The lowest BCUT2D eigenvalue weighted by Gasteiger charge is -2.37. The first-order valence-electron chi connectivity index (χ1n) is 13.1. The predicted octanol–water partition coefficient (Wildman–Crippen LogP) is 2.23. The van der Waals surface area contributed by atoms with Crippen LogP contribution in [0.5, 0.6) is 0 Å². The molecular formula is C25H41BN4O7S. The number of piperidine rings is 1. The largest absolute Gasteiger partial charge is 0.498 e. The Hall–Kier alpha value is -2.25. The number of nitrogens with one attached hydrogen (secondary N) is 1. The minimum absolute atomic E-state index is 0.203. The Balaban J connectivity index is 1.62. The molecule has 2 fully saturated rings. The van der Waals surface area contributed by atoms with Crippen molar-refractivity contribution < 1.29 is 32.1 Å². The molecule has 0 aromatic carbocycles. The maximum Gasteiger partial charge on any atom is 0.498 e. The molecule has 0 bridgehead atoms. The van der Waals surface area contributed by atoms with Crippen LogP contribution in [0.15, 0.2) is 17.6 Å². The molecule has 13 heteroatoms. The van der Waals surface area contributed by atoms with E-state index < -0.39 is 45.9 Å². The molecule has 1 N–H and O–H groups in total. The van der Waals surface area contributed by atoms with Crippen molar-refractivity contribution >= 4 is 34.4 Å². The number of ether oxygens (including phenoxy) is 1. The second-order valence-electron chi connectivity index (χ2n) is 12.0. The second-order valence-corrected chi connectivity index (χ2v) is 14.0. The minimum Gasteiger partial charge on any atom is -0.444 e. The summed E-state index contributed by atoms with van der Waals surface area (Å²) in [6, 6.07) is -1.06. The van der Waals surface area contributed by atoms with Crippen LogP contribution in [0.1, 0.15) is 81.1 Å². The predicted molar refractivity (Wildman–Crippen MR) is 143 cm³/mol. The molecule has 0 aliphatic carbocycles. The number of sulfone groups is 1. The topological polar surface area (TPSA) is 137 Å². The van der Waals surface area contributed by atoms with Crippen molar-refractivity contribution in [3.63, 3.8) is 0 Å². The number of aromatic nitrogens is 2. The van der Waals surface area contributed by atoms with Crippen LogP contribution in [0.3, 0.4) is 0 Å². The molecule has 2 saturated heterocycles. The quantitative estimate of drug-likeness (QED) is 0.399. The Morgan fingerprint density at radius 2 is 1.74 bits per heavy atom. The third kappa shape index (κ3) is 7.23. The molecule has 0 saturated carbocycles. The van der Waals surface area contributed by atoms with Gasteiger partial charge in [-0.15, -0.1) is 0 Å². The van der Waals surface area contributed by atoms with Gasteiger partial charge in [-0.2, -0.15) is 0 Å². The van der Waals surface area contributed by atoms with Gasteiger partial charge in [0.2, 0.25) is 20.9 Å². The van der Waals surface area contributed by atoms with E-state index in [1.165, 1.54) is 12.4 Å². The van der Waals surface area contributed by atoms with E-state index in [2.05, 4.69) is 15.3 Å². The molecule has 212 valence electrons. The van der Waals surface area contributed by atoms with Gasteiger partial charge in [-0.25, -0.2) is 23.2 Å². The summed E-state index contributed by atoms with van der Waals surface area (Å²) in [7, 11) is -4.47. The molecule has 3 heterocycles. The van der Waals surface area contributed by atoms with Crippen molar-refractivity contribution in [1.82, 2.24) is 20.2 Å². The van der Waals surface area contributed by atoms with Gasteiger partial charge in [-0.1, -0.05) is 0 Å². The summed E-state index contributed by atoms with van der Waals surface area (Å²) < 4.78 is 43.3. The van der Waals surface area contributed by atoms with E-state index >= 15 is 0 Å². The van der Waals surface area contributed by atoms with Gasteiger partial charge in [0.05, 0.1) is 17.0 Å². The number of nitrogens with zero attached hydrogens (tertiary/aromatic N) is 3. The third-order valence-corrected chi connectivity index (χ3v) is 8.73. The highest BCUT2D eigenvalue weighted by Gasteiger charge is 2.52. The Morgan fingerprint density at radius 1 is 1.16 bits per heavy atom. The SMILES string of the molecule is C[C@@H](NC(=O)OC(C)(C)C)C(=O)N1CCCC[C@@H]1CCS(=O)(=O)c1ncc(B2OC(C)(C)C(C)(C)O2)cn1. The lowest BCUT2D eigenvalue weighted by molar-refractivity contribution is -0.136. The summed E-state index contributed by atoms with van der Waals surface area (Å²) in [5, 5.41) is 2.31. The van der Waals surface area contributed by atoms with Crippen LogP contribution >= 0.6 is 0 Å². The number of likely N-dealkylation sites (tertiary alicyclic amines) is 1. The molecule has 0 radical (unpaired) electrons. The average Bonchev–Trinajstić information content (AvgIpc) is 3.03. The zero-order valence-electron chi connectivity index (χ0n) is 23.7. The number of hydrogen-bond acceptors (Lipinski definition) is 9. The fourth-order valence-electron chi connectivity index (χ4n) is 4.36. The standard InChI is InChI=1S/C25H41BN4O7S/c1-17(29-22(32)35-23(2,3)4)20(31)30-13-10-9-11-19(30)12-14-38(33,34)21-27-15-18(16-28-21)26-36-24(5,6)25(7,8)37-26/h15-17,19H,9-14H2,1-8H3,(H,29,32)/t17-,19-/m1/s1. The Kier molecular flexibility index (Phi) is 8.84. The van der Waals surface area contributed by atoms with E-state index in [0.29, 0.717) is 18.4 Å². The summed E-state index contributed by atoms with van der Waals surface area (Å²) in [6.07, 6.45) is 4.80. The van der Waals surface area contributed by atoms with Gasteiger partial charge in [-0.3, -0.25) is 4.79 Å². The van der Waals surface area contributed by atoms with Gasteiger partial charge >= 0.3 is 13.2 Å². The lowest BCUT2D eigenvalue weighted by Crippen LogP contribution is -2.53. The van der Waals surface area contributed by atoms with Crippen LogP contribution in [0.2, 0.25) is 0 Å². The first-order chi connectivity index (χ1) is 17.4. The number of carbonyl (C=O) groups excluding carboxylic acids is 2. The summed E-state index contributed by atoms with van der Waals surface area (Å²) in [4.78, 5) is 35.1. The summed E-state index contributed by atoms with van der Waals surface area (Å²) in [5.41, 5.74) is -1.21. The van der Waals surface area contributed by atoms with E-state index in [9.17, 15) is 18.0 Å². The molecular weight excluding hydrogens is 511 g/mol. The van der Waals surface area contributed by atoms with Crippen molar-refractivity contribution in [2.75, 3.05) is 12.3 Å². The first-order valence-corrected chi connectivity index (χ1v) is 14.8. The van der Waals surface area contributed by atoms with Crippen LogP contribution in [0, 0.1) is 0 Å². The maximum absolute atomic E-state index is 13.1. The summed E-state index contributed by atoms with van der Waals surface area (Å²) in [6.45, 7) is 15.1. The monoisotopic (exact) mass is 552 g/mol. The van der Waals surface area contributed by atoms with E-state index in [1.807, 2.05) is 27.7 Å². The molecule has 11 nitrogen and oxygen atoms in total. The lowest BCUT2D eigenvalue weighted by atomic mass is 9.81. The fraction of sp³-hybridized carbons (Fsp3) is 0.760. The first kappa shape index (κ1) is 30.3. The summed E-state index contributed by atoms with van der Waals surface area (Å²) in [5.74, 6) is -0.466. The van der Waals surface area contributed by atoms with Crippen molar-refractivity contribution in [3.05, 3.63) is 12.4 Å². The molecule has 2 atom stereocenters. The van der Waals surface area contributed by atoms with Gasteiger partial charge < -0.3 is 24.3 Å².